The molecule has 0 amide bonds. The van der Waals surface area contributed by atoms with E-state index in [2.05, 4.69) is 13.8 Å². The van der Waals surface area contributed by atoms with E-state index in [1.54, 1.807) is 37.3 Å². The molecule has 1 aromatic heterocycles. The highest BCUT2D eigenvalue weighted by molar-refractivity contribution is 6.06. The van der Waals surface area contributed by atoms with Crippen molar-refractivity contribution >= 4 is 16.7 Å². The van der Waals surface area contributed by atoms with E-state index in [1.807, 2.05) is 19.1 Å². The Morgan fingerprint density at radius 1 is 1.15 bits per heavy atom. The van der Waals surface area contributed by atoms with Crippen molar-refractivity contribution in [2.24, 2.45) is 0 Å². The Morgan fingerprint density at radius 3 is 2.41 bits per heavy atom. The molecule has 1 heterocycles. The van der Waals surface area contributed by atoms with Gasteiger partial charge in [-0.05, 0) is 49.1 Å². The average Bonchev–Trinajstić information content (AvgIpc) is 2.62. The molecule has 27 heavy (non-hydrogen) atoms. The van der Waals surface area contributed by atoms with Gasteiger partial charge in [-0.25, -0.2) is 9.36 Å². The molecule has 5 nitrogen and oxygen atoms in total. The highest BCUT2D eigenvalue weighted by Gasteiger charge is 2.23. The summed E-state index contributed by atoms with van der Waals surface area (Å²) in [6, 6.07) is 12.3. The summed E-state index contributed by atoms with van der Waals surface area (Å²) in [6.07, 6.45) is 0. The van der Waals surface area contributed by atoms with E-state index in [0.29, 0.717) is 22.4 Å². The molecule has 1 N–H and O–H groups in total. The summed E-state index contributed by atoms with van der Waals surface area (Å²) >= 11 is 0. The van der Waals surface area contributed by atoms with Gasteiger partial charge in [0.05, 0.1) is 12.3 Å². The van der Waals surface area contributed by atoms with Gasteiger partial charge < -0.3 is 9.84 Å². The number of carbonyl (C=O) groups is 1. The minimum atomic E-state index is -0.657. The molecule has 2 aromatic carbocycles. The van der Waals surface area contributed by atoms with Gasteiger partial charge >= 0.3 is 5.97 Å². The fourth-order valence-electron chi connectivity index (χ4n) is 3.43. The van der Waals surface area contributed by atoms with Gasteiger partial charge in [0.25, 0.3) is 5.56 Å². The molecule has 0 atom stereocenters. The van der Waals surface area contributed by atoms with Crippen LogP contribution in [0.4, 0.5) is 0 Å². The Bertz CT molecular complexity index is 1080. The zero-order valence-electron chi connectivity index (χ0n) is 15.9. The van der Waals surface area contributed by atoms with Crippen LogP contribution in [0.15, 0.2) is 47.3 Å². The summed E-state index contributed by atoms with van der Waals surface area (Å²) < 4.78 is 6.28. The fourth-order valence-corrected chi connectivity index (χ4v) is 3.43. The van der Waals surface area contributed by atoms with Gasteiger partial charge in [-0.3, -0.25) is 4.79 Å². The van der Waals surface area contributed by atoms with Gasteiger partial charge in [0.15, 0.2) is 0 Å². The topological polar surface area (TPSA) is 68.5 Å². The van der Waals surface area contributed by atoms with E-state index in [0.717, 1.165) is 11.1 Å². The summed E-state index contributed by atoms with van der Waals surface area (Å²) in [4.78, 5) is 25.6. The lowest BCUT2D eigenvalue weighted by Gasteiger charge is -2.17. The first-order valence-electron chi connectivity index (χ1n) is 9.01. The third-order valence-electron chi connectivity index (χ3n) is 4.68. The molecule has 0 saturated carbocycles. The molecule has 0 unspecified atom stereocenters. The van der Waals surface area contributed by atoms with Gasteiger partial charge in [0.2, 0.25) is 5.88 Å². The van der Waals surface area contributed by atoms with Crippen LogP contribution in [0.25, 0.3) is 16.5 Å². The van der Waals surface area contributed by atoms with Crippen molar-refractivity contribution in [3.8, 4) is 11.6 Å². The van der Waals surface area contributed by atoms with E-state index in [4.69, 9.17) is 4.74 Å². The number of aromatic hydroxyl groups is 1. The van der Waals surface area contributed by atoms with E-state index in [-0.39, 0.29) is 17.7 Å². The minimum Gasteiger partial charge on any atom is -0.493 e. The quantitative estimate of drug-likeness (QED) is 0.700. The van der Waals surface area contributed by atoms with Crippen molar-refractivity contribution in [3.63, 3.8) is 0 Å². The van der Waals surface area contributed by atoms with Crippen molar-refractivity contribution in [2.75, 3.05) is 6.61 Å². The van der Waals surface area contributed by atoms with Crippen molar-refractivity contribution in [1.82, 2.24) is 4.57 Å². The molecule has 0 aliphatic rings. The predicted octanol–water partition coefficient (Wildman–Crippen LogP) is 4.30. The van der Waals surface area contributed by atoms with Crippen LogP contribution in [0.3, 0.4) is 0 Å². The Labute approximate surface area is 157 Å². The number of aryl methyl sites for hydroxylation is 1. The number of hydrogen-bond donors (Lipinski definition) is 1. The van der Waals surface area contributed by atoms with Gasteiger partial charge in [0.1, 0.15) is 5.56 Å². The highest BCUT2D eigenvalue weighted by atomic mass is 16.5. The second kappa shape index (κ2) is 7.27. The molecule has 0 saturated heterocycles. The van der Waals surface area contributed by atoms with Crippen molar-refractivity contribution < 1.29 is 14.6 Å². The molecule has 0 radical (unpaired) electrons. The van der Waals surface area contributed by atoms with E-state index in [9.17, 15) is 14.7 Å². The number of fused-ring (bicyclic) bond motifs is 1. The third kappa shape index (κ3) is 3.21. The lowest BCUT2D eigenvalue weighted by molar-refractivity contribution is 0.0524. The summed E-state index contributed by atoms with van der Waals surface area (Å²) in [5.41, 5.74) is 2.30. The molecule has 0 aliphatic heterocycles. The Morgan fingerprint density at radius 2 is 1.81 bits per heavy atom. The maximum absolute atomic E-state index is 13.1. The van der Waals surface area contributed by atoms with Crippen LogP contribution < -0.4 is 5.56 Å². The molecule has 140 valence electrons. The smallest absolute Gasteiger partial charge is 0.344 e. The standard InChI is InChI=1S/C22H23NO4/c1-5-27-22(26)19-17-8-6-7-9-18(17)20(24)23(21(19)25)15-10-11-16(13(2)3)14(4)12-15/h6-13,25H,5H2,1-4H3. The minimum absolute atomic E-state index is 0.00219. The Hall–Kier alpha value is -3.08. The first-order valence-corrected chi connectivity index (χ1v) is 9.01. The van der Waals surface area contributed by atoms with E-state index < -0.39 is 11.8 Å². The van der Waals surface area contributed by atoms with Gasteiger partial charge in [0, 0.05) is 10.8 Å². The SMILES string of the molecule is CCOC(=O)c1c(O)n(-c2ccc(C(C)C)c(C)c2)c(=O)c2ccccc12. The highest BCUT2D eigenvalue weighted by Crippen LogP contribution is 2.29. The van der Waals surface area contributed by atoms with Crippen LogP contribution >= 0.6 is 0 Å². The number of hydrogen-bond acceptors (Lipinski definition) is 4. The Balaban J connectivity index is 2.36. The monoisotopic (exact) mass is 365 g/mol. The summed E-state index contributed by atoms with van der Waals surface area (Å²) in [7, 11) is 0. The zero-order chi connectivity index (χ0) is 19.7. The number of aromatic nitrogens is 1. The number of pyridine rings is 1. The van der Waals surface area contributed by atoms with Crippen LogP contribution in [-0.4, -0.2) is 22.2 Å². The number of ether oxygens (including phenoxy) is 1. The third-order valence-corrected chi connectivity index (χ3v) is 4.68. The van der Waals surface area contributed by atoms with Crippen LogP contribution in [0, 0.1) is 6.92 Å². The number of carbonyl (C=O) groups excluding carboxylic acids is 1. The first-order chi connectivity index (χ1) is 12.9. The normalized spacial score (nSPS) is 11.1. The van der Waals surface area contributed by atoms with Crippen LogP contribution in [-0.2, 0) is 4.74 Å². The number of benzene rings is 2. The second-order valence-corrected chi connectivity index (χ2v) is 6.80. The molecule has 0 spiro atoms. The first kappa shape index (κ1) is 18.7. The number of nitrogens with zero attached hydrogens (tertiary/aromatic N) is 1. The largest absolute Gasteiger partial charge is 0.493 e. The molecular weight excluding hydrogens is 342 g/mol. The van der Waals surface area contributed by atoms with Gasteiger partial charge in [-0.1, -0.05) is 38.1 Å². The molecule has 3 rings (SSSR count). The zero-order valence-corrected chi connectivity index (χ0v) is 15.9. The average molecular weight is 365 g/mol. The van der Waals surface area contributed by atoms with E-state index in [1.165, 1.54) is 4.57 Å². The lowest BCUT2D eigenvalue weighted by Crippen LogP contribution is -2.22. The molecule has 3 aromatic rings. The summed E-state index contributed by atoms with van der Waals surface area (Å²) in [5, 5.41) is 11.6. The second-order valence-electron chi connectivity index (χ2n) is 6.80. The predicted molar refractivity (Wildman–Crippen MR) is 106 cm³/mol. The number of rotatable bonds is 4. The van der Waals surface area contributed by atoms with Crippen LogP contribution in [0.5, 0.6) is 5.88 Å². The van der Waals surface area contributed by atoms with Crippen LogP contribution in [0.1, 0.15) is 48.2 Å². The molecular formula is C22H23NO4. The summed E-state index contributed by atoms with van der Waals surface area (Å²) in [5.74, 6) is -0.722. The molecule has 5 heteroatoms. The number of esters is 1. The van der Waals surface area contributed by atoms with Gasteiger partial charge in [-0.15, -0.1) is 0 Å². The maximum Gasteiger partial charge on any atom is 0.344 e. The fraction of sp³-hybridized carbons (Fsp3) is 0.273. The van der Waals surface area contributed by atoms with Crippen molar-refractivity contribution in [2.45, 2.75) is 33.6 Å². The molecule has 0 fully saturated rings. The van der Waals surface area contributed by atoms with Crippen molar-refractivity contribution in [3.05, 3.63) is 69.5 Å². The van der Waals surface area contributed by atoms with Crippen LogP contribution in [0.2, 0.25) is 0 Å². The molecule has 0 bridgehead atoms. The summed E-state index contributed by atoms with van der Waals surface area (Å²) in [6.45, 7) is 8.03. The Kier molecular flexibility index (Phi) is 5.04. The van der Waals surface area contributed by atoms with E-state index >= 15 is 0 Å². The maximum atomic E-state index is 13.1. The molecule has 0 aliphatic carbocycles. The van der Waals surface area contributed by atoms with Gasteiger partial charge in [-0.2, -0.15) is 0 Å². The lowest BCUT2D eigenvalue weighted by atomic mass is 9.97. The van der Waals surface area contributed by atoms with Crippen molar-refractivity contribution in [1.29, 1.82) is 0 Å².